The summed E-state index contributed by atoms with van der Waals surface area (Å²) in [6, 6.07) is 6.48. The van der Waals surface area contributed by atoms with Crippen molar-refractivity contribution in [1.29, 1.82) is 0 Å². The molecule has 0 fully saturated rings. The van der Waals surface area contributed by atoms with Crippen molar-refractivity contribution in [2.75, 3.05) is 0 Å². The molecule has 23 heavy (non-hydrogen) atoms. The molecule has 0 saturated carbocycles. The molecule has 2 aromatic heterocycles. The molecule has 0 aliphatic carbocycles. The van der Waals surface area contributed by atoms with Crippen LogP contribution in [0.5, 0.6) is 0 Å². The number of hydrogen-bond donors (Lipinski definition) is 1. The van der Waals surface area contributed by atoms with Crippen molar-refractivity contribution in [1.82, 2.24) is 14.7 Å². The van der Waals surface area contributed by atoms with Crippen molar-refractivity contribution in [2.24, 2.45) is 0 Å². The zero-order chi connectivity index (χ0) is 16.9. The van der Waals surface area contributed by atoms with Gasteiger partial charge in [0.1, 0.15) is 5.15 Å². The van der Waals surface area contributed by atoms with Gasteiger partial charge in [0.2, 0.25) is 10.0 Å². The van der Waals surface area contributed by atoms with Gasteiger partial charge in [0.15, 0.2) is 0 Å². The van der Waals surface area contributed by atoms with Gasteiger partial charge in [-0.15, -0.1) is 0 Å². The van der Waals surface area contributed by atoms with Gasteiger partial charge in [-0.05, 0) is 41.8 Å². The van der Waals surface area contributed by atoms with E-state index in [-0.39, 0.29) is 10.9 Å². The summed E-state index contributed by atoms with van der Waals surface area (Å²) >= 11 is 5.64. The van der Waals surface area contributed by atoms with Crippen LogP contribution in [-0.4, -0.2) is 24.3 Å². The third-order valence-electron chi connectivity index (χ3n) is 2.88. The van der Waals surface area contributed by atoms with Crippen LogP contribution < -0.4 is 4.72 Å². The molecule has 0 aliphatic rings. The third kappa shape index (κ3) is 5.46. The number of rotatable bonds is 5. The van der Waals surface area contributed by atoms with Crippen molar-refractivity contribution < 1.29 is 13.2 Å². The number of aromatic nitrogens is 2. The monoisotopic (exact) mass is 351 g/mol. The maximum Gasteiger partial charge on any atom is 0.257 e. The second kappa shape index (κ2) is 7.34. The highest BCUT2D eigenvalue weighted by molar-refractivity contribution is 7.89. The topological polar surface area (TPSA) is 89.0 Å². The minimum atomic E-state index is -3.81. The van der Waals surface area contributed by atoms with Crippen LogP contribution in [0.1, 0.15) is 18.1 Å². The van der Waals surface area contributed by atoms with Gasteiger partial charge in [-0.2, -0.15) is 0 Å². The molecule has 6 nitrogen and oxygen atoms in total. The Morgan fingerprint density at radius 3 is 2.57 bits per heavy atom. The molecule has 0 spiro atoms. The first kappa shape index (κ1) is 17.1. The maximum atomic E-state index is 12.0. The molecule has 1 amide bonds. The van der Waals surface area contributed by atoms with Crippen LogP contribution in [-0.2, 0) is 20.6 Å². The van der Waals surface area contributed by atoms with E-state index < -0.39 is 15.9 Å². The van der Waals surface area contributed by atoms with E-state index >= 15 is 0 Å². The largest absolute Gasteiger partial charge is 0.269 e. The second-order valence-electron chi connectivity index (χ2n) is 4.78. The van der Waals surface area contributed by atoms with Gasteiger partial charge in [0.05, 0.1) is 5.75 Å². The Bertz CT molecular complexity index is 819. The number of nitrogens with zero attached hydrogens (tertiary/aromatic N) is 2. The first-order chi connectivity index (χ1) is 10.9. The molecule has 8 heteroatoms. The highest BCUT2D eigenvalue weighted by Gasteiger charge is 2.14. The summed E-state index contributed by atoms with van der Waals surface area (Å²) in [4.78, 5) is 19.5. The van der Waals surface area contributed by atoms with E-state index in [4.69, 9.17) is 11.6 Å². The summed E-state index contributed by atoms with van der Waals surface area (Å²) in [7, 11) is -3.81. The number of sulfonamides is 1. The summed E-state index contributed by atoms with van der Waals surface area (Å²) in [5.74, 6) is -1.06. The SMILES string of the molecule is CC(=CC(=O)NS(=O)(=O)Cc1ccc(Cl)nc1)c1ccncc1. The van der Waals surface area contributed by atoms with Crippen molar-refractivity contribution in [3.8, 4) is 0 Å². The zero-order valence-corrected chi connectivity index (χ0v) is 13.8. The third-order valence-corrected chi connectivity index (χ3v) is 4.33. The minimum Gasteiger partial charge on any atom is -0.269 e. The van der Waals surface area contributed by atoms with Gasteiger partial charge in [-0.25, -0.2) is 18.1 Å². The Balaban J connectivity index is 2.05. The second-order valence-corrected chi connectivity index (χ2v) is 6.89. The Labute approximate surface area is 139 Å². The van der Waals surface area contributed by atoms with Crippen LogP contribution in [0.4, 0.5) is 0 Å². The lowest BCUT2D eigenvalue weighted by molar-refractivity contribution is -0.114. The molecule has 0 bridgehead atoms. The van der Waals surface area contributed by atoms with Crippen LogP contribution in [0, 0.1) is 0 Å². The lowest BCUT2D eigenvalue weighted by Gasteiger charge is -2.06. The Morgan fingerprint density at radius 2 is 1.96 bits per heavy atom. The quantitative estimate of drug-likeness (QED) is 0.658. The first-order valence-corrected chi connectivity index (χ1v) is 8.62. The number of nitrogens with one attached hydrogen (secondary N) is 1. The highest BCUT2D eigenvalue weighted by Crippen LogP contribution is 2.12. The predicted octanol–water partition coefficient (Wildman–Crippen LogP) is 2.18. The van der Waals surface area contributed by atoms with Gasteiger partial charge in [-0.3, -0.25) is 9.78 Å². The molecule has 0 unspecified atom stereocenters. The van der Waals surface area contributed by atoms with Gasteiger partial charge >= 0.3 is 0 Å². The molecule has 2 aromatic rings. The van der Waals surface area contributed by atoms with Crippen molar-refractivity contribution >= 4 is 33.1 Å². The average molecular weight is 352 g/mol. The molecule has 2 rings (SSSR count). The molecule has 0 atom stereocenters. The Kier molecular flexibility index (Phi) is 5.46. The Hall–Kier alpha value is -2.25. The molecule has 0 aromatic carbocycles. The number of amides is 1. The predicted molar refractivity (Wildman–Crippen MR) is 87.9 cm³/mol. The van der Waals surface area contributed by atoms with Gasteiger partial charge in [-0.1, -0.05) is 17.7 Å². The first-order valence-electron chi connectivity index (χ1n) is 6.59. The number of halogens is 1. The summed E-state index contributed by atoms with van der Waals surface area (Å²) in [5.41, 5.74) is 1.85. The number of pyridine rings is 2. The van der Waals surface area contributed by atoms with E-state index in [1.165, 1.54) is 24.4 Å². The van der Waals surface area contributed by atoms with Crippen molar-refractivity contribution in [2.45, 2.75) is 12.7 Å². The molecular formula is C15H14ClN3O3S. The maximum absolute atomic E-state index is 12.0. The van der Waals surface area contributed by atoms with Gasteiger partial charge in [0.25, 0.3) is 5.91 Å². The van der Waals surface area contributed by atoms with Crippen LogP contribution in [0.15, 0.2) is 48.9 Å². The van der Waals surface area contributed by atoms with Gasteiger partial charge in [0, 0.05) is 24.7 Å². The van der Waals surface area contributed by atoms with Crippen molar-refractivity contribution in [3.63, 3.8) is 0 Å². The summed E-state index contributed by atoms with van der Waals surface area (Å²) in [6.45, 7) is 1.71. The molecule has 120 valence electrons. The highest BCUT2D eigenvalue weighted by atomic mass is 35.5. The van der Waals surface area contributed by atoms with Crippen molar-refractivity contribution in [3.05, 3.63) is 65.2 Å². The van der Waals surface area contributed by atoms with E-state index in [2.05, 4.69) is 9.97 Å². The molecule has 2 heterocycles. The lowest BCUT2D eigenvalue weighted by Crippen LogP contribution is -2.30. The number of hydrogen-bond acceptors (Lipinski definition) is 5. The number of carbonyl (C=O) groups excluding carboxylic acids is 1. The van der Waals surface area contributed by atoms with E-state index in [1.54, 1.807) is 31.5 Å². The average Bonchev–Trinajstić information content (AvgIpc) is 2.49. The molecule has 0 saturated heterocycles. The van der Waals surface area contributed by atoms with Crippen LogP contribution in [0.2, 0.25) is 5.15 Å². The smallest absolute Gasteiger partial charge is 0.257 e. The van der Waals surface area contributed by atoms with Crippen LogP contribution in [0.25, 0.3) is 5.57 Å². The van der Waals surface area contributed by atoms with E-state index in [1.807, 2.05) is 4.72 Å². The minimum absolute atomic E-state index is 0.270. The van der Waals surface area contributed by atoms with Crippen LogP contribution in [0.3, 0.4) is 0 Å². The molecular weight excluding hydrogens is 338 g/mol. The fourth-order valence-electron chi connectivity index (χ4n) is 1.82. The number of carbonyl (C=O) groups is 1. The number of allylic oxidation sites excluding steroid dienone is 1. The summed E-state index contributed by atoms with van der Waals surface area (Å²) in [6.07, 6.45) is 5.76. The fourth-order valence-corrected chi connectivity index (χ4v) is 2.98. The normalized spacial score (nSPS) is 12.0. The van der Waals surface area contributed by atoms with E-state index in [9.17, 15) is 13.2 Å². The molecule has 1 N–H and O–H groups in total. The zero-order valence-electron chi connectivity index (χ0n) is 12.2. The van der Waals surface area contributed by atoms with E-state index in [0.29, 0.717) is 11.1 Å². The Morgan fingerprint density at radius 1 is 1.26 bits per heavy atom. The van der Waals surface area contributed by atoms with E-state index in [0.717, 1.165) is 5.56 Å². The summed E-state index contributed by atoms with van der Waals surface area (Å²) < 4.78 is 26.0. The summed E-state index contributed by atoms with van der Waals surface area (Å²) in [5, 5.41) is 0.270. The van der Waals surface area contributed by atoms with Gasteiger partial charge < -0.3 is 0 Å². The standard InChI is InChI=1S/C15H14ClN3O3S/c1-11(13-4-6-17-7-5-13)8-15(20)19-23(21,22)10-12-2-3-14(16)18-9-12/h2-9H,10H2,1H3,(H,19,20). The molecule has 0 aliphatic heterocycles. The fraction of sp³-hybridized carbons (Fsp3) is 0.133. The van der Waals surface area contributed by atoms with Crippen LogP contribution >= 0.6 is 11.6 Å². The lowest BCUT2D eigenvalue weighted by atomic mass is 10.1. The molecule has 0 radical (unpaired) electrons.